The van der Waals surface area contributed by atoms with Gasteiger partial charge in [-0.3, -0.25) is 4.79 Å². The minimum Gasteiger partial charge on any atom is -0.465 e. The number of aromatic amines is 1. The van der Waals surface area contributed by atoms with E-state index in [0.29, 0.717) is 27.7 Å². The van der Waals surface area contributed by atoms with Crippen molar-refractivity contribution in [3.05, 3.63) is 69.8 Å². The van der Waals surface area contributed by atoms with Gasteiger partial charge >= 0.3 is 5.97 Å². The van der Waals surface area contributed by atoms with Crippen LogP contribution in [0.15, 0.2) is 47.3 Å². The highest BCUT2D eigenvalue weighted by Gasteiger charge is 2.09. The number of hydrogen-bond donors (Lipinski definition) is 3. The van der Waals surface area contributed by atoms with Gasteiger partial charge in [0, 0.05) is 30.2 Å². The van der Waals surface area contributed by atoms with Crippen LogP contribution in [0.4, 0.5) is 15.8 Å². The van der Waals surface area contributed by atoms with Gasteiger partial charge in [-0.25, -0.2) is 9.18 Å². The average molecular weight is 355 g/mol. The van der Waals surface area contributed by atoms with Crippen molar-refractivity contribution < 1.29 is 13.9 Å². The van der Waals surface area contributed by atoms with Gasteiger partial charge in [-0.05, 0) is 42.5 Å². The van der Waals surface area contributed by atoms with Gasteiger partial charge in [0.05, 0.1) is 23.9 Å². The molecule has 1 heterocycles. The number of methoxy groups -OCH3 is 1. The first kappa shape index (κ1) is 17.5. The SMILES string of the molecule is CNc1cc(F)cc2cc(CNc3ccc(C(=O)OC)cc3)c(=O)[nH]c12. The van der Waals surface area contributed by atoms with E-state index < -0.39 is 5.97 Å². The Balaban J connectivity index is 1.84. The molecule has 0 saturated carbocycles. The molecule has 0 spiro atoms. The summed E-state index contributed by atoms with van der Waals surface area (Å²) in [4.78, 5) is 26.5. The number of anilines is 2. The van der Waals surface area contributed by atoms with Crippen LogP contribution in [0.5, 0.6) is 0 Å². The maximum absolute atomic E-state index is 13.7. The van der Waals surface area contributed by atoms with E-state index in [4.69, 9.17) is 0 Å². The molecule has 3 N–H and O–H groups in total. The zero-order chi connectivity index (χ0) is 18.7. The summed E-state index contributed by atoms with van der Waals surface area (Å²) in [7, 11) is 2.99. The average Bonchev–Trinajstić information content (AvgIpc) is 2.66. The molecule has 0 aliphatic carbocycles. The Morgan fingerprint density at radius 2 is 1.92 bits per heavy atom. The van der Waals surface area contributed by atoms with Gasteiger partial charge in [0.15, 0.2) is 0 Å². The Bertz CT molecular complexity index is 1010. The monoisotopic (exact) mass is 355 g/mol. The van der Waals surface area contributed by atoms with Crippen molar-refractivity contribution in [3.63, 3.8) is 0 Å². The molecule has 0 atom stereocenters. The number of aromatic nitrogens is 1. The number of benzene rings is 2. The summed E-state index contributed by atoms with van der Waals surface area (Å²) in [5, 5.41) is 6.59. The highest BCUT2D eigenvalue weighted by molar-refractivity contribution is 5.91. The van der Waals surface area contributed by atoms with Crippen LogP contribution in [0.2, 0.25) is 0 Å². The quantitative estimate of drug-likeness (QED) is 0.613. The minimum absolute atomic E-state index is 0.251. The van der Waals surface area contributed by atoms with Crippen molar-refractivity contribution in [3.8, 4) is 0 Å². The zero-order valence-electron chi connectivity index (χ0n) is 14.4. The second-order valence-corrected chi connectivity index (χ2v) is 5.71. The van der Waals surface area contributed by atoms with Crippen molar-refractivity contribution in [2.45, 2.75) is 6.54 Å². The van der Waals surface area contributed by atoms with Gasteiger partial charge in [-0.1, -0.05) is 0 Å². The van der Waals surface area contributed by atoms with Crippen LogP contribution in [0.3, 0.4) is 0 Å². The zero-order valence-corrected chi connectivity index (χ0v) is 14.4. The minimum atomic E-state index is -0.412. The van der Waals surface area contributed by atoms with E-state index in [1.807, 2.05) is 0 Å². The molecule has 0 radical (unpaired) electrons. The Morgan fingerprint density at radius 3 is 2.58 bits per heavy atom. The van der Waals surface area contributed by atoms with Crippen molar-refractivity contribution in [1.29, 1.82) is 0 Å². The molecule has 3 aromatic rings. The second kappa shape index (κ2) is 7.26. The van der Waals surface area contributed by atoms with Crippen molar-refractivity contribution >= 4 is 28.2 Å². The van der Waals surface area contributed by atoms with Gasteiger partial charge in [-0.15, -0.1) is 0 Å². The molecule has 26 heavy (non-hydrogen) atoms. The summed E-state index contributed by atoms with van der Waals surface area (Å²) in [6.07, 6.45) is 0. The van der Waals surface area contributed by atoms with Gasteiger partial charge in [0.1, 0.15) is 5.82 Å². The van der Waals surface area contributed by atoms with E-state index in [1.165, 1.54) is 19.2 Å². The molecule has 134 valence electrons. The maximum Gasteiger partial charge on any atom is 0.337 e. The molecule has 1 aromatic heterocycles. The van der Waals surface area contributed by atoms with Crippen LogP contribution in [0.1, 0.15) is 15.9 Å². The van der Waals surface area contributed by atoms with E-state index in [9.17, 15) is 14.0 Å². The molecule has 3 rings (SSSR count). The fourth-order valence-electron chi connectivity index (χ4n) is 2.70. The molecule has 2 aromatic carbocycles. The summed E-state index contributed by atoms with van der Waals surface area (Å²) in [6.45, 7) is 0.258. The summed E-state index contributed by atoms with van der Waals surface area (Å²) >= 11 is 0. The third kappa shape index (κ3) is 3.51. The van der Waals surface area contributed by atoms with Crippen LogP contribution < -0.4 is 16.2 Å². The smallest absolute Gasteiger partial charge is 0.337 e. The molecule has 0 fully saturated rings. The normalized spacial score (nSPS) is 10.6. The maximum atomic E-state index is 13.7. The van der Waals surface area contributed by atoms with Crippen LogP contribution >= 0.6 is 0 Å². The van der Waals surface area contributed by atoms with Crippen LogP contribution in [-0.2, 0) is 11.3 Å². The lowest BCUT2D eigenvalue weighted by atomic mass is 10.1. The summed E-state index contributed by atoms with van der Waals surface area (Å²) in [5.74, 6) is -0.795. The summed E-state index contributed by atoms with van der Waals surface area (Å²) in [6, 6.07) is 11.1. The third-order valence-corrected chi connectivity index (χ3v) is 4.05. The first-order valence-electron chi connectivity index (χ1n) is 7.97. The topological polar surface area (TPSA) is 83.2 Å². The molecule has 0 aliphatic heterocycles. The molecular formula is C19H18FN3O3. The van der Waals surface area contributed by atoms with Crippen LogP contribution in [-0.4, -0.2) is 25.1 Å². The second-order valence-electron chi connectivity index (χ2n) is 5.71. The predicted octanol–water partition coefficient (Wildman–Crippen LogP) is 3.11. The van der Waals surface area contributed by atoms with Gasteiger partial charge in [0.2, 0.25) is 0 Å². The van der Waals surface area contributed by atoms with E-state index in [1.54, 1.807) is 37.4 Å². The molecule has 7 heteroatoms. The molecule has 0 saturated heterocycles. The number of rotatable bonds is 5. The first-order chi connectivity index (χ1) is 12.5. The molecule has 0 amide bonds. The number of hydrogen-bond acceptors (Lipinski definition) is 5. The van der Waals surface area contributed by atoms with E-state index >= 15 is 0 Å². The van der Waals surface area contributed by atoms with Crippen molar-refractivity contribution in [1.82, 2.24) is 4.98 Å². The fraction of sp³-hybridized carbons (Fsp3) is 0.158. The third-order valence-electron chi connectivity index (χ3n) is 4.05. The Kier molecular flexibility index (Phi) is 4.88. The highest BCUT2D eigenvalue weighted by atomic mass is 19.1. The number of nitrogens with one attached hydrogen (secondary N) is 3. The largest absolute Gasteiger partial charge is 0.465 e. The van der Waals surface area contributed by atoms with Crippen molar-refractivity contribution in [2.24, 2.45) is 0 Å². The van der Waals surface area contributed by atoms with E-state index in [-0.39, 0.29) is 17.9 Å². The first-order valence-corrected chi connectivity index (χ1v) is 7.97. The lowest BCUT2D eigenvalue weighted by Crippen LogP contribution is -2.16. The van der Waals surface area contributed by atoms with Crippen LogP contribution in [0, 0.1) is 5.82 Å². The number of fused-ring (bicyclic) bond motifs is 1. The number of esters is 1. The Hall–Kier alpha value is -3.35. The van der Waals surface area contributed by atoms with Crippen molar-refractivity contribution in [2.75, 3.05) is 24.8 Å². The van der Waals surface area contributed by atoms with Gasteiger partial charge in [-0.2, -0.15) is 0 Å². The van der Waals surface area contributed by atoms with E-state index in [2.05, 4.69) is 20.4 Å². The van der Waals surface area contributed by atoms with E-state index in [0.717, 1.165) is 5.69 Å². The van der Waals surface area contributed by atoms with Gasteiger partial charge < -0.3 is 20.4 Å². The standard InChI is InChI=1S/C19H18FN3O3/c1-21-16-9-14(20)8-12-7-13(18(24)23-17(12)16)10-22-15-5-3-11(4-6-15)19(25)26-2/h3-9,21-22H,10H2,1-2H3,(H,23,24). The molecule has 0 aliphatic rings. The van der Waals surface area contributed by atoms with Crippen LogP contribution in [0.25, 0.3) is 10.9 Å². The summed E-state index contributed by atoms with van der Waals surface area (Å²) < 4.78 is 18.4. The number of ether oxygens (including phenoxy) is 1. The number of halogens is 1. The predicted molar refractivity (Wildman–Crippen MR) is 99.2 cm³/mol. The molecule has 6 nitrogen and oxygen atoms in total. The summed E-state index contributed by atoms with van der Waals surface area (Å²) in [5.41, 5.74) is 2.49. The molecular weight excluding hydrogens is 337 g/mol. The lowest BCUT2D eigenvalue weighted by molar-refractivity contribution is 0.0601. The molecule has 0 bridgehead atoms. The molecule has 0 unspecified atom stereocenters. The number of carbonyl (C=O) groups excluding carboxylic acids is 1. The van der Waals surface area contributed by atoms with Gasteiger partial charge in [0.25, 0.3) is 5.56 Å². The Labute approximate surface area is 149 Å². The highest BCUT2D eigenvalue weighted by Crippen LogP contribution is 2.22. The Morgan fingerprint density at radius 1 is 1.19 bits per heavy atom. The lowest BCUT2D eigenvalue weighted by Gasteiger charge is -2.10. The number of pyridine rings is 1. The fourth-order valence-corrected chi connectivity index (χ4v) is 2.70. The number of H-pyrrole nitrogens is 1. The number of carbonyl (C=O) groups is 1.